The fourth-order valence-corrected chi connectivity index (χ4v) is 7.29. The number of fused-ring (bicyclic) bond motifs is 2. The number of pyridine rings is 1. The van der Waals surface area contributed by atoms with Gasteiger partial charge < -0.3 is 9.80 Å². The van der Waals surface area contributed by atoms with Crippen LogP contribution in [0.5, 0.6) is 0 Å². The number of hydrogen-bond acceptors (Lipinski definition) is 8. The average molecular weight is 566 g/mol. The Morgan fingerprint density at radius 1 is 0.925 bits per heavy atom. The van der Waals surface area contributed by atoms with Gasteiger partial charge in [-0.05, 0) is 45.0 Å². The van der Waals surface area contributed by atoms with Gasteiger partial charge >= 0.3 is 0 Å². The lowest BCUT2D eigenvalue weighted by Gasteiger charge is -2.60. The molecule has 4 aliphatic heterocycles. The van der Waals surface area contributed by atoms with Gasteiger partial charge in [0.1, 0.15) is 11.3 Å². The molecule has 0 saturated carbocycles. The van der Waals surface area contributed by atoms with E-state index in [-0.39, 0.29) is 0 Å². The van der Waals surface area contributed by atoms with E-state index in [1.54, 1.807) is 4.31 Å². The predicted molar refractivity (Wildman–Crippen MR) is 161 cm³/mol. The number of likely N-dealkylation sites (tertiary alicyclic amines) is 1. The fourth-order valence-electron chi connectivity index (χ4n) is 6.40. The molecule has 0 radical (unpaired) electrons. The van der Waals surface area contributed by atoms with Crippen molar-refractivity contribution in [1.29, 1.82) is 0 Å². The Morgan fingerprint density at radius 2 is 1.60 bits per heavy atom. The number of sulfonamides is 1. The first-order valence-electron chi connectivity index (χ1n) is 14.3. The number of anilines is 1. The maximum atomic E-state index is 11.3. The van der Waals surface area contributed by atoms with Crippen molar-refractivity contribution in [2.24, 2.45) is 5.41 Å². The topological polar surface area (TPSA) is 85.8 Å². The van der Waals surface area contributed by atoms with Gasteiger partial charge in [0, 0.05) is 81.1 Å². The van der Waals surface area contributed by atoms with Crippen molar-refractivity contribution in [2.45, 2.75) is 53.8 Å². The maximum Gasteiger partial charge on any atom is 0.211 e. The molecule has 9 nitrogen and oxygen atoms in total. The lowest BCUT2D eigenvalue weighted by atomic mass is 9.73. The zero-order valence-corrected chi connectivity index (χ0v) is 25.8. The lowest BCUT2D eigenvalue weighted by Crippen LogP contribution is -2.71. The molecule has 216 valence electrons. The van der Waals surface area contributed by atoms with Crippen LogP contribution in [0.3, 0.4) is 0 Å². The minimum Gasteiger partial charge on any atom is -0.353 e. The summed E-state index contributed by atoms with van der Waals surface area (Å²) < 4.78 is 24.2. The first kappa shape index (κ1) is 28.9. The van der Waals surface area contributed by atoms with E-state index in [0.717, 1.165) is 54.4 Å². The van der Waals surface area contributed by atoms with Gasteiger partial charge in [-0.2, -0.15) is 4.31 Å². The number of nitrogens with zero attached hydrogens (tertiary/aromatic N) is 7. The van der Waals surface area contributed by atoms with Crippen LogP contribution in [0.2, 0.25) is 0 Å². The van der Waals surface area contributed by atoms with E-state index >= 15 is 0 Å². The van der Waals surface area contributed by atoms with E-state index in [2.05, 4.69) is 62.9 Å². The van der Waals surface area contributed by atoms with E-state index < -0.39 is 10.0 Å². The SMILES string of the molecule is CC.Cc1cc2cnc(C)nc2c(N2CC3(CN(C)C3)C2)n1.Cc1ccc2c(c1)CN(C1CN(S(C)(=O)=O)C1)C2. The molecule has 40 heavy (non-hydrogen) atoms. The Hall–Kier alpha value is -2.66. The van der Waals surface area contributed by atoms with Crippen LogP contribution in [0.15, 0.2) is 30.5 Å². The minimum absolute atomic E-state index is 0.382. The summed E-state index contributed by atoms with van der Waals surface area (Å²) in [6.07, 6.45) is 3.19. The summed E-state index contributed by atoms with van der Waals surface area (Å²) in [5, 5.41) is 1.09. The maximum absolute atomic E-state index is 11.3. The molecule has 7 rings (SSSR count). The molecule has 10 heteroatoms. The van der Waals surface area contributed by atoms with Gasteiger partial charge in [0.2, 0.25) is 10.0 Å². The standard InChI is InChI=1S/C15H19N5.C13H18N2O2S.C2H6/c1-10-4-12-5-16-11(2)18-13(12)14(17-10)20-8-15(9-20)6-19(3)7-15;1-10-3-4-11-6-14(7-12(11)5-10)13-8-15(9-13)18(2,16)17;1-2/h4-5H,6-9H2,1-3H3;3-5,13H,6-9H2,1-2H3;1-2H3. The van der Waals surface area contributed by atoms with Crippen LogP contribution in [0.1, 0.15) is 42.1 Å². The Bertz CT molecular complexity index is 1490. The highest BCUT2D eigenvalue weighted by Crippen LogP contribution is 2.42. The molecule has 0 unspecified atom stereocenters. The highest BCUT2D eigenvalue weighted by atomic mass is 32.2. The quantitative estimate of drug-likeness (QED) is 0.478. The van der Waals surface area contributed by atoms with Gasteiger partial charge in [0.05, 0.1) is 6.26 Å². The van der Waals surface area contributed by atoms with Gasteiger partial charge in [-0.25, -0.2) is 23.4 Å². The molecule has 0 bridgehead atoms. The van der Waals surface area contributed by atoms with Crippen molar-refractivity contribution in [3.8, 4) is 0 Å². The van der Waals surface area contributed by atoms with Gasteiger partial charge in [-0.3, -0.25) is 4.90 Å². The van der Waals surface area contributed by atoms with Crippen molar-refractivity contribution in [3.63, 3.8) is 0 Å². The van der Waals surface area contributed by atoms with Crippen molar-refractivity contribution >= 4 is 26.7 Å². The van der Waals surface area contributed by atoms with Crippen molar-refractivity contribution in [1.82, 2.24) is 29.1 Å². The third kappa shape index (κ3) is 5.72. The Morgan fingerprint density at radius 3 is 2.25 bits per heavy atom. The first-order chi connectivity index (χ1) is 19.0. The zero-order valence-electron chi connectivity index (χ0n) is 25.0. The second-order valence-electron chi connectivity index (χ2n) is 11.9. The average Bonchev–Trinajstić information content (AvgIpc) is 3.22. The normalized spacial score (nSPS) is 20.5. The minimum atomic E-state index is -3.00. The van der Waals surface area contributed by atoms with Crippen molar-refractivity contribution in [3.05, 3.63) is 58.7 Å². The molecule has 3 saturated heterocycles. The number of rotatable bonds is 3. The predicted octanol–water partition coefficient (Wildman–Crippen LogP) is 3.37. The third-order valence-electron chi connectivity index (χ3n) is 8.28. The second-order valence-corrected chi connectivity index (χ2v) is 13.9. The van der Waals surface area contributed by atoms with Crippen molar-refractivity contribution in [2.75, 3.05) is 57.5 Å². The molecule has 0 N–H and O–H groups in total. The number of aromatic nitrogens is 3. The molecular formula is C30H43N7O2S. The molecule has 0 atom stereocenters. The Kier molecular flexibility index (Phi) is 7.91. The van der Waals surface area contributed by atoms with Crippen LogP contribution in [-0.2, 0) is 23.1 Å². The summed E-state index contributed by atoms with van der Waals surface area (Å²) in [6, 6.07) is 9.02. The molecule has 1 aromatic carbocycles. The van der Waals surface area contributed by atoms with Crippen LogP contribution >= 0.6 is 0 Å². The molecule has 6 heterocycles. The molecule has 3 fully saturated rings. The molecule has 1 spiro atoms. The molecular weight excluding hydrogens is 522 g/mol. The Labute approximate surface area is 239 Å². The van der Waals surface area contributed by atoms with E-state index in [9.17, 15) is 8.42 Å². The van der Waals surface area contributed by atoms with Gasteiger partial charge in [0.25, 0.3) is 0 Å². The molecule has 4 aliphatic rings. The largest absolute Gasteiger partial charge is 0.353 e. The van der Waals surface area contributed by atoms with E-state index in [1.165, 1.54) is 36.0 Å². The highest BCUT2D eigenvalue weighted by molar-refractivity contribution is 7.88. The molecule has 0 amide bonds. The van der Waals surface area contributed by atoms with E-state index in [1.807, 2.05) is 33.9 Å². The highest BCUT2D eigenvalue weighted by Gasteiger charge is 2.51. The van der Waals surface area contributed by atoms with E-state index in [4.69, 9.17) is 4.98 Å². The van der Waals surface area contributed by atoms with Crippen LogP contribution in [-0.4, -0.2) is 96.1 Å². The van der Waals surface area contributed by atoms with Crippen LogP contribution < -0.4 is 4.90 Å². The summed E-state index contributed by atoms with van der Waals surface area (Å²) >= 11 is 0. The van der Waals surface area contributed by atoms with Gasteiger partial charge in [0.15, 0.2) is 5.82 Å². The smallest absolute Gasteiger partial charge is 0.211 e. The summed E-state index contributed by atoms with van der Waals surface area (Å²) in [5.41, 5.74) is 6.61. The third-order valence-corrected chi connectivity index (χ3v) is 9.52. The molecule has 0 aliphatic carbocycles. The summed E-state index contributed by atoms with van der Waals surface area (Å²) in [7, 11) is -0.811. The van der Waals surface area contributed by atoms with Crippen LogP contribution in [0.25, 0.3) is 10.9 Å². The second kappa shape index (κ2) is 11.0. The summed E-state index contributed by atoms with van der Waals surface area (Å²) in [6.45, 7) is 17.9. The monoisotopic (exact) mass is 565 g/mol. The number of aryl methyl sites for hydroxylation is 3. The molecule has 3 aromatic rings. The van der Waals surface area contributed by atoms with Crippen LogP contribution in [0, 0.1) is 26.2 Å². The summed E-state index contributed by atoms with van der Waals surface area (Å²) in [4.78, 5) is 20.8. The lowest BCUT2D eigenvalue weighted by molar-refractivity contribution is -0.00267. The van der Waals surface area contributed by atoms with E-state index in [0.29, 0.717) is 24.5 Å². The van der Waals surface area contributed by atoms with Gasteiger partial charge in [-0.1, -0.05) is 37.6 Å². The first-order valence-corrected chi connectivity index (χ1v) is 16.1. The number of hydrogen-bond donors (Lipinski definition) is 0. The zero-order chi connectivity index (χ0) is 28.8. The van der Waals surface area contributed by atoms with Crippen molar-refractivity contribution < 1.29 is 8.42 Å². The Balaban J connectivity index is 0.000000153. The summed E-state index contributed by atoms with van der Waals surface area (Å²) in [5.74, 6) is 1.84. The van der Waals surface area contributed by atoms with Gasteiger partial charge in [-0.15, -0.1) is 0 Å². The molecule has 2 aromatic heterocycles. The number of benzene rings is 1. The van der Waals surface area contributed by atoms with Crippen LogP contribution in [0.4, 0.5) is 5.82 Å². The fraction of sp³-hybridized carbons (Fsp3) is 0.567.